The molecule has 4 heteroatoms. The number of hydroxylamine groups is 1. The van der Waals surface area contributed by atoms with Crippen LogP contribution < -0.4 is 11.2 Å². The lowest BCUT2D eigenvalue weighted by Gasteiger charge is -1.87. The minimum atomic E-state index is -0.435. The number of rotatable bonds is 1. The maximum atomic E-state index is 10.2. The number of carbonyl (C=O) groups is 1. The van der Waals surface area contributed by atoms with E-state index in [2.05, 4.69) is 10.3 Å². The normalized spacial score (nSPS) is 17.2. The van der Waals surface area contributed by atoms with Gasteiger partial charge < -0.3 is 5.73 Å². The lowest BCUT2D eigenvalue weighted by Crippen LogP contribution is -2.14. The monoisotopic (exact) mass is 114 g/mol. The second-order valence-electron chi connectivity index (χ2n) is 1.44. The number of carbonyl (C=O) groups excluding carboxylic acids is 1. The summed E-state index contributed by atoms with van der Waals surface area (Å²) in [7, 11) is 0. The van der Waals surface area contributed by atoms with Gasteiger partial charge in [0, 0.05) is 6.20 Å². The second-order valence-corrected chi connectivity index (χ2v) is 1.44. The molecule has 0 aromatic rings. The van der Waals surface area contributed by atoms with E-state index in [9.17, 15) is 4.79 Å². The molecule has 3 N–H and O–H groups in total. The Morgan fingerprint density at radius 1 is 2.00 bits per heavy atom. The van der Waals surface area contributed by atoms with E-state index in [-0.39, 0.29) is 6.61 Å². The highest BCUT2D eigenvalue weighted by Crippen LogP contribution is 1.96. The van der Waals surface area contributed by atoms with Crippen molar-refractivity contribution in [3.63, 3.8) is 0 Å². The van der Waals surface area contributed by atoms with Gasteiger partial charge in [-0.05, 0) is 0 Å². The van der Waals surface area contributed by atoms with E-state index < -0.39 is 5.91 Å². The molecule has 0 aromatic carbocycles. The summed E-state index contributed by atoms with van der Waals surface area (Å²) in [6.07, 6.45) is 1.45. The van der Waals surface area contributed by atoms with E-state index >= 15 is 0 Å². The first-order valence-electron chi connectivity index (χ1n) is 2.17. The SMILES string of the molecule is NC(=O)C1=CNOC1. The van der Waals surface area contributed by atoms with Gasteiger partial charge in [-0.2, -0.15) is 0 Å². The van der Waals surface area contributed by atoms with Crippen molar-refractivity contribution in [3.05, 3.63) is 11.8 Å². The molecule has 1 heterocycles. The smallest absolute Gasteiger partial charge is 0.248 e. The number of nitrogens with one attached hydrogen (secondary N) is 1. The second kappa shape index (κ2) is 1.83. The maximum Gasteiger partial charge on any atom is 0.248 e. The van der Waals surface area contributed by atoms with Crippen molar-refractivity contribution in [2.24, 2.45) is 5.73 Å². The first kappa shape index (κ1) is 5.11. The van der Waals surface area contributed by atoms with E-state index in [1.807, 2.05) is 0 Å². The quantitative estimate of drug-likeness (QED) is 0.454. The molecule has 0 aliphatic carbocycles. The minimum absolute atomic E-state index is 0.273. The van der Waals surface area contributed by atoms with Gasteiger partial charge in [0.05, 0.1) is 5.57 Å². The van der Waals surface area contributed by atoms with Gasteiger partial charge in [-0.15, -0.1) is 0 Å². The van der Waals surface area contributed by atoms with Gasteiger partial charge in [-0.25, -0.2) is 0 Å². The van der Waals surface area contributed by atoms with Crippen LogP contribution in [-0.2, 0) is 9.63 Å². The predicted octanol–water partition coefficient (Wildman–Crippen LogP) is -1.11. The molecule has 0 saturated carbocycles. The predicted molar refractivity (Wildman–Crippen MR) is 26.4 cm³/mol. The van der Waals surface area contributed by atoms with Crippen LogP contribution in [0.25, 0.3) is 0 Å². The molecule has 1 amide bonds. The molecular weight excluding hydrogens is 108 g/mol. The summed E-state index contributed by atoms with van der Waals surface area (Å²) < 4.78 is 0. The molecule has 0 spiro atoms. The molecule has 0 saturated heterocycles. The number of amides is 1. The van der Waals surface area contributed by atoms with Crippen LogP contribution >= 0.6 is 0 Å². The van der Waals surface area contributed by atoms with E-state index in [0.717, 1.165) is 0 Å². The Kier molecular flexibility index (Phi) is 1.17. The molecule has 0 unspecified atom stereocenters. The molecule has 44 valence electrons. The highest BCUT2D eigenvalue weighted by Gasteiger charge is 2.08. The zero-order valence-corrected chi connectivity index (χ0v) is 4.18. The molecule has 4 nitrogen and oxygen atoms in total. The summed E-state index contributed by atoms with van der Waals surface area (Å²) in [5.74, 6) is -0.435. The van der Waals surface area contributed by atoms with Gasteiger partial charge in [-0.1, -0.05) is 0 Å². The highest BCUT2D eigenvalue weighted by molar-refractivity contribution is 5.92. The van der Waals surface area contributed by atoms with Crippen LogP contribution in [0.5, 0.6) is 0 Å². The van der Waals surface area contributed by atoms with Crippen LogP contribution in [0.1, 0.15) is 0 Å². The molecule has 1 aliphatic heterocycles. The fraction of sp³-hybridized carbons (Fsp3) is 0.250. The molecule has 0 bridgehead atoms. The Morgan fingerprint density at radius 3 is 3.00 bits per heavy atom. The third kappa shape index (κ3) is 0.788. The van der Waals surface area contributed by atoms with Crippen molar-refractivity contribution >= 4 is 5.91 Å². The van der Waals surface area contributed by atoms with Crippen LogP contribution in [0.4, 0.5) is 0 Å². The van der Waals surface area contributed by atoms with Crippen molar-refractivity contribution in [2.45, 2.75) is 0 Å². The summed E-state index contributed by atoms with van der Waals surface area (Å²) in [6.45, 7) is 0.273. The fourth-order valence-corrected chi connectivity index (χ4v) is 0.416. The van der Waals surface area contributed by atoms with Gasteiger partial charge in [0.2, 0.25) is 5.91 Å². The first-order valence-corrected chi connectivity index (χ1v) is 2.17. The van der Waals surface area contributed by atoms with Crippen LogP contribution in [-0.4, -0.2) is 12.5 Å². The zero-order valence-electron chi connectivity index (χ0n) is 4.18. The van der Waals surface area contributed by atoms with E-state index in [0.29, 0.717) is 5.57 Å². The Morgan fingerprint density at radius 2 is 2.75 bits per heavy atom. The number of nitrogens with two attached hydrogens (primary N) is 1. The van der Waals surface area contributed by atoms with E-state index in [1.165, 1.54) is 6.20 Å². The molecule has 0 fully saturated rings. The van der Waals surface area contributed by atoms with E-state index in [1.54, 1.807) is 0 Å². The standard InChI is InChI=1S/C4H6N2O2/c5-4(7)3-1-6-8-2-3/h1,6H,2H2,(H2,5,7). The largest absolute Gasteiger partial charge is 0.366 e. The van der Waals surface area contributed by atoms with Crippen LogP contribution in [0, 0.1) is 0 Å². The third-order valence-corrected chi connectivity index (χ3v) is 0.861. The Labute approximate surface area is 46.3 Å². The number of hydrogen-bond acceptors (Lipinski definition) is 3. The zero-order chi connectivity index (χ0) is 5.98. The van der Waals surface area contributed by atoms with Crippen LogP contribution in [0.15, 0.2) is 11.8 Å². The highest BCUT2D eigenvalue weighted by atomic mass is 16.6. The van der Waals surface area contributed by atoms with Crippen molar-refractivity contribution in [2.75, 3.05) is 6.61 Å². The minimum Gasteiger partial charge on any atom is -0.366 e. The van der Waals surface area contributed by atoms with Crippen molar-refractivity contribution in [3.8, 4) is 0 Å². The van der Waals surface area contributed by atoms with Gasteiger partial charge in [0.25, 0.3) is 0 Å². The van der Waals surface area contributed by atoms with Crippen LogP contribution in [0.3, 0.4) is 0 Å². The van der Waals surface area contributed by atoms with Gasteiger partial charge in [-0.3, -0.25) is 15.1 Å². The Bertz CT molecular complexity index is 141. The molecule has 0 aromatic heterocycles. The summed E-state index contributed by atoms with van der Waals surface area (Å²) in [5.41, 5.74) is 7.74. The third-order valence-electron chi connectivity index (χ3n) is 0.861. The number of hydrogen-bond donors (Lipinski definition) is 2. The average molecular weight is 114 g/mol. The summed E-state index contributed by atoms with van der Waals surface area (Å²) in [6, 6.07) is 0. The fourth-order valence-electron chi connectivity index (χ4n) is 0.416. The Hall–Kier alpha value is -1.03. The lowest BCUT2D eigenvalue weighted by molar-refractivity contribution is -0.114. The molecule has 1 rings (SSSR count). The van der Waals surface area contributed by atoms with Gasteiger partial charge >= 0.3 is 0 Å². The van der Waals surface area contributed by atoms with Crippen molar-refractivity contribution in [1.82, 2.24) is 5.48 Å². The van der Waals surface area contributed by atoms with Gasteiger partial charge in [0.15, 0.2) is 0 Å². The van der Waals surface area contributed by atoms with E-state index in [4.69, 9.17) is 5.73 Å². The van der Waals surface area contributed by atoms with Crippen molar-refractivity contribution < 1.29 is 9.63 Å². The number of primary amides is 1. The summed E-state index contributed by atoms with van der Waals surface area (Å²) in [5, 5.41) is 0. The topological polar surface area (TPSA) is 64.4 Å². The summed E-state index contributed by atoms with van der Waals surface area (Å²) in [4.78, 5) is 14.8. The lowest BCUT2D eigenvalue weighted by atomic mass is 10.3. The molecular formula is C4H6N2O2. The molecule has 8 heavy (non-hydrogen) atoms. The summed E-state index contributed by atoms with van der Waals surface area (Å²) >= 11 is 0. The average Bonchev–Trinajstić information content (AvgIpc) is 2.12. The molecule has 0 atom stereocenters. The molecule has 0 radical (unpaired) electrons. The van der Waals surface area contributed by atoms with Crippen LogP contribution in [0.2, 0.25) is 0 Å². The first-order chi connectivity index (χ1) is 3.80. The van der Waals surface area contributed by atoms with Gasteiger partial charge in [0.1, 0.15) is 6.61 Å². The Balaban J connectivity index is 2.57. The maximum absolute atomic E-state index is 10.2. The van der Waals surface area contributed by atoms with Crippen molar-refractivity contribution in [1.29, 1.82) is 0 Å². The molecule has 1 aliphatic rings.